The van der Waals surface area contributed by atoms with E-state index in [-0.39, 0.29) is 5.54 Å². The van der Waals surface area contributed by atoms with Crippen molar-refractivity contribution in [1.29, 1.82) is 0 Å². The third kappa shape index (κ3) is 1.79. The molecule has 0 radical (unpaired) electrons. The first-order valence-corrected chi connectivity index (χ1v) is 6.07. The van der Waals surface area contributed by atoms with Crippen LogP contribution in [0.3, 0.4) is 0 Å². The minimum absolute atomic E-state index is 0.0691. The molecule has 2 nitrogen and oxygen atoms in total. The van der Waals surface area contributed by atoms with E-state index in [9.17, 15) is 5.11 Å². The average Bonchev–Trinajstić information content (AvgIpc) is 2.62. The van der Waals surface area contributed by atoms with Crippen LogP contribution in [-0.2, 0) is 5.54 Å². The third-order valence-electron chi connectivity index (χ3n) is 3.27. The summed E-state index contributed by atoms with van der Waals surface area (Å²) in [6, 6.07) is 4.07. The van der Waals surface area contributed by atoms with Crippen LogP contribution in [0.25, 0.3) is 0 Å². The van der Waals surface area contributed by atoms with Gasteiger partial charge in [-0.25, -0.2) is 0 Å². The Morgan fingerprint density at radius 1 is 1.47 bits per heavy atom. The number of phenols is 1. The molecule has 1 heterocycles. The average molecular weight is 270 g/mol. The molecule has 1 aromatic rings. The van der Waals surface area contributed by atoms with Gasteiger partial charge in [0.1, 0.15) is 5.75 Å². The number of hydrogen-bond acceptors (Lipinski definition) is 2. The van der Waals surface area contributed by atoms with Gasteiger partial charge in [-0.2, -0.15) is 0 Å². The Balaban J connectivity index is 2.49. The number of hydrogen-bond donors (Lipinski definition) is 2. The van der Waals surface area contributed by atoms with Gasteiger partial charge >= 0.3 is 0 Å². The summed E-state index contributed by atoms with van der Waals surface area (Å²) >= 11 is 3.42. The molecule has 0 aliphatic carbocycles. The van der Waals surface area contributed by atoms with Crippen molar-refractivity contribution in [1.82, 2.24) is 5.32 Å². The summed E-state index contributed by atoms with van der Waals surface area (Å²) in [6.07, 6.45) is 2.25. The number of nitrogens with one attached hydrogen (secondary N) is 1. The zero-order chi connectivity index (χ0) is 11.1. The molecule has 0 bridgehead atoms. The van der Waals surface area contributed by atoms with E-state index in [1.807, 2.05) is 19.1 Å². The molecule has 3 heteroatoms. The van der Waals surface area contributed by atoms with Gasteiger partial charge in [-0.3, -0.25) is 0 Å². The van der Waals surface area contributed by atoms with E-state index in [2.05, 4.69) is 28.2 Å². The Kier molecular flexibility index (Phi) is 2.77. The summed E-state index contributed by atoms with van der Waals surface area (Å²) in [4.78, 5) is 0. The van der Waals surface area contributed by atoms with Gasteiger partial charge in [0.2, 0.25) is 0 Å². The monoisotopic (exact) mass is 269 g/mol. The summed E-state index contributed by atoms with van der Waals surface area (Å²) in [5.74, 6) is 0.381. The molecule has 2 rings (SSSR count). The molecule has 1 fully saturated rings. The summed E-state index contributed by atoms with van der Waals surface area (Å²) < 4.78 is 0.815. The van der Waals surface area contributed by atoms with Gasteiger partial charge in [0, 0.05) is 11.1 Å². The molecule has 1 atom stereocenters. The van der Waals surface area contributed by atoms with Crippen LogP contribution in [0.1, 0.15) is 30.9 Å². The van der Waals surface area contributed by atoms with E-state index in [0.717, 1.165) is 28.6 Å². The van der Waals surface area contributed by atoms with Crippen molar-refractivity contribution in [2.24, 2.45) is 0 Å². The zero-order valence-corrected chi connectivity index (χ0v) is 10.7. The van der Waals surface area contributed by atoms with Gasteiger partial charge in [-0.15, -0.1) is 0 Å². The molecular weight excluding hydrogens is 254 g/mol. The Morgan fingerprint density at radius 2 is 2.20 bits per heavy atom. The van der Waals surface area contributed by atoms with E-state index in [1.165, 1.54) is 6.42 Å². The highest BCUT2D eigenvalue weighted by molar-refractivity contribution is 9.10. The van der Waals surface area contributed by atoms with Crippen LogP contribution in [0.15, 0.2) is 16.6 Å². The molecule has 1 unspecified atom stereocenters. The summed E-state index contributed by atoms with van der Waals surface area (Å²) in [5.41, 5.74) is 2.00. The van der Waals surface area contributed by atoms with E-state index < -0.39 is 0 Å². The molecule has 1 aliphatic heterocycles. The zero-order valence-electron chi connectivity index (χ0n) is 9.10. The normalized spacial score (nSPS) is 25.8. The number of rotatable bonds is 1. The number of benzene rings is 1. The van der Waals surface area contributed by atoms with Gasteiger partial charge < -0.3 is 10.4 Å². The van der Waals surface area contributed by atoms with E-state index in [0.29, 0.717) is 5.75 Å². The van der Waals surface area contributed by atoms with Gasteiger partial charge in [0.05, 0.1) is 4.47 Å². The van der Waals surface area contributed by atoms with Crippen LogP contribution in [0.4, 0.5) is 0 Å². The third-order valence-corrected chi connectivity index (χ3v) is 4.27. The van der Waals surface area contributed by atoms with Crippen molar-refractivity contribution < 1.29 is 5.11 Å². The topological polar surface area (TPSA) is 32.3 Å². The van der Waals surface area contributed by atoms with Crippen molar-refractivity contribution in [2.75, 3.05) is 6.54 Å². The fraction of sp³-hybridized carbons (Fsp3) is 0.500. The first-order chi connectivity index (χ1) is 7.04. The SMILES string of the molecule is Cc1ccc(C2(C)CCCN2)c(O)c1Br. The number of aryl methyl sites for hydroxylation is 1. The smallest absolute Gasteiger partial charge is 0.135 e. The van der Waals surface area contributed by atoms with E-state index in [4.69, 9.17) is 0 Å². The van der Waals surface area contributed by atoms with Crippen molar-refractivity contribution in [3.63, 3.8) is 0 Å². The number of halogens is 1. The van der Waals surface area contributed by atoms with E-state index >= 15 is 0 Å². The van der Waals surface area contributed by atoms with Crippen molar-refractivity contribution in [3.05, 3.63) is 27.7 Å². The molecule has 1 aliphatic rings. The summed E-state index contributed by atoms with van der Waals surface area (Å²) in [5, 5.41) is 13.6. The largest absolute Gasteiger partial charge is 0.506 e. The fourth-order valence-electron chi connectivity index (χ4n) is 2.24. The van der Waals surface area contributed by atoms with Crippen LogP contribution in [0.2, 0.25) is 0 Å². The highest BCUT2D eigenvalue weighted by atomic mass is 79.9. The first kappa shape index (κ1) is 11.0. The molecule has 0 spiro atoms. The van der Waals surface area contributed by atoms with Crippen molar-refractivity contribution in [2.45, 2.75) is 32.2 Å². The minimum Gasteiger partial charge on any atom is -0.506 e. The molecule has 0 saturated carbocycles. The summed E-state index contributed by atoms with van der Waals surface area (Å²) in [6.45, 7) is 5.16. The molecule has 2 N–H and O–H groups in total. The maximum absolute atomic E-state index is 10.1. The van der Waals surface area contributed by atoms with Gasteiger partial charge in [-0.05, 0) is 54.7 Å². The molecule has 1 saturated heterocycles. The lowest BCUT2D eigenvalue weighted by Crippen LogP contribution is -2.33. The predicted octanol–water partition coefficient (Wildman–Crippen LogP) is 3.06. The lowest BCUT2D eigenvalue weighted by atomic mass is 9.89. The molecule has 0 amide bonds. The highest BCUT2D eigenvalue weighted by Gasteiger charge is 2.32. The second-order valence-corrected chi connectivity index (χ2v) is 5.25. The highest BCUT2D eigenvalue weighted by Crippen LogP contribution is 2.40. The Labute approximate surface area is 98.8 Å². The maximum atomic E-state index is 10.1. The van der Waals surface area contributed by atoms with Crippen LogP contribution >= 0.6 is 15.9 Å². The van der Waals surface area contributed by atoms with Crippen LogP contribution in [0, 0.1) is 6.92 Å². The Bertz CT molecular complexity index is 383. The second-order valence-electron chi connectivity index (χ2n) is 4.46. The van der Waals surface area contributed by atoms with Crippen LogP contribution in [-0.4, -0.2) is 11.7 Å². The lowest BCUT2D eigenvalue weighted by Gasteiger charge is -2.26. The van der Waals surface area contributed by atoms with E-state index in [1.54, 1.807) is 0 Å². The molecule has 0 aromatic heterocycles. The molecular formula is C12H16BrNO. The van der Waals surface area contributed by atoms with Gasteiger partial charge in [0.25, 0.3) is 0 Å². The minimum atomic E-state index is -0.0691. The fourth-order valence-corrected chi connectivity index (χ4v) is 2.58. The molecule has 82 valence electrons. The van der Waals surface area contributed by atoms with Crippen molar-refractivity contribution >= 4 is 15.9 Å². The van der Waals surface area contributed by atoms with Crippen LogP contribution < -0.4 is 5.32 Å². The maximum Gasteiger partial charge on any atom is 0.135 e. The second kappa shape index (κ2) is 3.80. The Hall–Kier alpha value is -0.540. The van der Waals surface area contributed by atoms with Crippen molar-refractivity contribution in [3.8, 4) is 5.75 Å². The quantitative estimate of drug-likeness (QED) is 0.822. The predicted molar refractivity (Wildman–Crippen MR) is 65.1 cm³/mol. The molecule has 15 heavy (non-hydrogen) atoms. The lowest BCUT2D eigenvalue weighted by molar-refractivity contribution is 0.392. The standard InChI is InChI=1S/C12H16BrNO/c1-8-4-5-9(11(15)10(8)13)12(2)6-3-7-14-12/h4-5,14-15H,3,6-7H2,1-2H3. The van der Waals surface area contributed by atoms with Gasteiger partial charge in [0.15, 0.2) is 0 Å². The number of phenolic OH excluding ortho intramolecular Hbond substituents is 1. The number of aromatic hydroxyl groups is 1. The first-order valence-electron chi connectivity index (χ1n) is 5.28. The van der Waals surface area contributed by atoms with Gasteiger partial charge in [-0.1, -0.05) is 12.1 Å². The summed E-state index contributed by atoms with van der Waals surface area (Å²) in [7, 11) is 0. The Morgan fingerprint density at radius 3 is 2.80 bits per heavy atom. The molecule has 1 aromatic carbocycles. The van der Waals surface area contributed by atoms with Crippen LogP contribution in [0.5, 0.6) is 5.75 Å².